The van der Waals surface area contributed by atoms with Gasteiger partial charge in [0.25, 0.3) is 0 Å². The van der Waals surface area contributed by atoms with E-state index < -0.39 is 0 Å². The van der Waals surface area contributed by atoms with E-state index in [9.17, 15) is 0 Å². The number of pyridine rings is 1. The fourth-order valence-electron chi connectivity index (χ4n) is 2.41. The summed E-state index contributed by atoms with van der Waals surface area (Å²) in [6.07, 6.45) is 1.99. The second-order valence-electron chi connectivity index (χ2n) is 4.81. The number of imidazole rings is 1. The van der Waals surface area contributed by atoms with Crippen LogP contribution >= 0.6 is 11.6 Å². The molecule has 1 aliphatic rings. The molecule has 1 N–H and O–H groups in total. The van der Waals surface area contributed by atoms with Crippen LogP contribution in [-0.4, -0.2) is 40.5 Å². The third-order valence-corrected chi connectivity index (χ3v) is 3.68. The number of rotatable bonds is 2. The van der Waals surface area contributed by atoms with Gasteiger partial charge in [-0.05, 0) is 36.2 Å². The van der Waals surface area contributed by atoms with Gasteiger partial charge in [-0.25, -0.2) is 4.98 Å². The largest absolute Gasteiger partial charge is 0.314 e. The number of hydrogen-bond acceptors (Lipinski definition) is 3. The molecule has 0 spiro atoms. The molecular weight excluding hydrogens is 248 g/mol. The lowest BCUT2D eigenvalue weighted by atomic mass is 10.2. The van der Waals surface area contributed by atoms with Crippen molar-refractivity contribution in [1.29, 1.82) is 0 Å². The first kappa shape index (κ1) is 12.0. The van der Waals surface area contributed by atoms with Crippen LogP contribution in [0, 0.1) is 6.92 Å². The molecule has 0 radical (unpaired) electrons. The van der Waals surface area contributed by atoms with Crippen LogP contribution in [0.5, 0.6) is 0 Å². The first-order valence-corrected chi connectivity index (χ1v) is 6.68. The lowest BCUT2D eigenvalue weighted by Gasteiger charge is -2.26. The molecule has 0 aliphatic carbocycles. The van der Waals surface area contributed by atoms with Gasteiger partial charge in [0.05, 0.1) is 11.2 Å². The number of aromatic nitrogens is 2. The predicted octanol–water partition coefficient (Wildman–Crippen LogP) is 1.70. The second-order valence-corrected chi connectivity index (χ2v) is 5.15. The van der Waals surface area contributed by atoms with E-state index in [0.29, 0.717) is 5.28 Å². The zero-order valence-electron chi connectivity index (χ0n) is 10.5. The number of aryl methyl sites for hydroxylation is 1. The maximum absolute atomic E-state index is 6.17. The van der Waals surface area contributed by atoms with E-state index in [-0.39, 0.29) is 0 Å². The molecule has 1 aliphatic heterocycles. The van der Waals surface area contributed by atoms with Crippen LogP contribution in [0.4, 0.5) is 0 Å². The normalized spacial score (nSPS) is 17.4. The van der Waals surface area contributed by atoms with Crippen LogP contribution in [-0.2, 0) is 6.54 Å². The van der Waals surface area contributed by atoms with Gasteiger partial charge in [0.1, 0.15) is 0 Å². The van der Waals surface area contributed by atoms with Gasteiger partial charge >= 0.3 is 0 Å². The van der Waals surface area contributed by atoms with Crippen LogP contribution in [0.25, 0.3) is 5.52 Å². The average molecular weight is 265 g/mol. The van der Waals surface area contributed by atoms with Crippen molar-refractivity contribution in [2.45, 2.75) is 13.5 Å². The zero-order chi connectivity index (χ0) is 12.5. The molecule has 96 valence electrons. The molecule has 0 bridgehead atoms. The number of halogens is 1. The van der Waals surface area contributed by atoms with Gasteiger partial charge in [-0.1, -0.05) is 0 Å². The van der Waals surface area contributed by atoms with Crippen molar-refractivity contribution in [2.24, 2.45) is 0 Å². The Labute approximate surface area is 112 Å². The van der Waals surface area contributed by atoms with Crippen LogP contribution in [0.3, 0.4) is 0 Å². The van der Waals surface area contributed by atoms with Crippen LogP contribution in [0.15, 0.2) is 18.3 Å². The van der Waals surface area contributed by atoms with Gasteiger partial charge in [-0.3, -0.25) is 9.30 Å². The van der Waals surface area contributed by atoms with E-state index in [4.69, 9.17) is 11.6 Å². The van der Waals surface area contributed by atoms with Gasteiger partial charge in [0, 0.05) is 38.9 Å². The predicted molar refractivity (Wildman–Crippen MR) is 73.1 cm³/mol. The van der Waals surface area contributed by atoms with Crippen molar-refractivity contribution in [2.75, 3.05) is 26.2 Å². The lowest BCUT2D eigenvalue weighted by Crippen LogP contribution is -2.42. The molecule has 3 heterocycles. The van der Waals surface area contributed by atoms with Crippen molar-refractivity contribution < 1.29 is 0 Å². The molecule has 0 saturated carbocycles. The standard InChI is InChI=1S/C13H17ClN4/c1-10-2-5-18-12(8-10)11(16-13(18)14)9-17-6-3-15-4-7-17/h2,5,8,15H,3-4,6-7,9H2,1H3. The monoisotopic (exact) mass is 264 g/mol. The highest BCUT2D eigenvalue weighted by Crippen LogP contribution is 2.19. The number of nitrogens with zero attached hydrogens (tertiary/aromatic N) is 3. The first-order chi connectivity index (χ1) is 8.74. The van der Waals surface area contributed by atoms with Gasteiger partial charge in [-0.15, -0.1) is 0 Å². The Kier molecular flexibility index (Phi) is 3.24. The number of fused-ring (bicyclic) bond motifs is 1. The van der Waals surface area contributed by atoms with Crippen molar-refractivity contribution >= 4 is 17.1 Å². The third-order valence-electron chi connectivity index (χ3n) is 3.42. The average Bonchev–Trinajstić information content (AvgIpc) is 2.67. The quantitative estimate of drug-likeness (QED) is 0.896. The molecular formula is C13H17ClN4. The molecule has 0 unspecified atom stereocenters. The van der Waals surface area contributed by atoms with Gasteiger partial charge < -0.3 is 5.32 Å². The van der Waals surface area contributed by atoms with Crippen molar-refractivity contribution in [3.8, 4) is 0 Å². The summed E-state index contributed by atoms with van der Waals surface area (Å²) in [4.78, 5) is 6.91. The summed E-state index contributed by atoms with van der Waals surface area (Å²) in [7, 11) is 0. The summed E-state index contributed by atoms with van der Waals surface area (Å²) >= 11 is 6.17. The Bertz CT molecular complexity index is 557. The van der Waals surface area contributed by atoms with Gasteiger partial charge in [0.2, 0.25) is 5.28 Å². The van der Waals surface area contributed by atoms with E-state index in [1.165, 1.54) is 5.56 Å². The van der Waals surface area contributed by atoms with Crippen LogP contribution in [0.2, 0.25) is 5.28 Å². The summed E-state index contributed by atoms with van der Waals surface area (Å²) in [5.74, 6) is 0. The Morgan fingerprint density at radius 1 is 1.39 bits per heavy atom. The smallest absolute Gasteiger partial charge is 0.207 e. The second kappa shape index (κ2) is 4.88. The molecule has 1 saturated heterocycles. The minimum atomic E-state index is 0.551. The van der Waals surface area contributed by atoms with Crippen molar-refractivity contribution in [3.05, 3.63) is 34.9 Å². The molecule has 0 atom stereocenters. The molecule has 0 amide bonds. The molecule has 0 aromatic carbocycles. The Balaban J connectivity index is 1.93. The number of piperazine rings is 1. The Morgan fingerprint density at radius 2 is 2.17 bits per heavy atom. The van der Waals surface area contributed by atoms with Gasteiger partial charge in [-0.2, -0.15) is 0 Å². The highest BCUT2D eigenvalue weighted by atomic mass is 35.5. The molecule has 5 heteroatoms. The highest BCUT2D eigenvalue weighted by Gasteiger charge is 2.15. The lowest BCUT2D eigenvalue weighted by molar-refractivity contribution is 0.232. The van der Waals surface area contributed by atoms with E-state index in [1.54, 1.807) is 0 Å². The Hall–Kier alpha value is -1.10. The molecule has 18 heavy (non-hydrogen) atoms. The SMILES string of the molecule is Cc1ccn2c(Cl)nc(CN3CCNCC3)c2c1. The maximum atomic E-state index is 6.17. The summed E-state index contributed by atoms with van der Waals surface area (Å²) in [5.41, 5.74) is 3.43. The topological polar surface area (TPSA) is 32.6 Å². The molecule has 2 aromatic heterocycles. The number of nitrogens with one attached hydrogen (secondary N) is 1. The van der Waals surface area contributed by atoms with Crippen molar-refractivity contribution in [3.63, 3.8) is 0 Å². The maximum Gasteiger partial charge on any atom is 0.207 e. The van der Waals surface area contributed by atoms with E-state index in [2.05, 4.69) is 34.3 Å². The number of hydrogen-bond donors (Lipinski definition) is 1. The Morgan fingerprint density at radius 3 is 2.94 bits per heavy atom. The summed E-state index contributed by atoms with van der Waals surface area (Å²) in [6, 6.07) is 4.20. The van der Waals surface area contributed by atoms with E-state index >= 15 is 0 Å². The van der Waals surface area contributed by atoms with Crippen LogP contribution in [0.1, 0.15) is 11.3 Å². The summed E-state index contributed by atoms with van der Waals surface area (Å²) in [5, 5.41) is 3.91. The first-order valence-electron chi connectivity index (χ1n) is 6.30. The van der Waals surface area contributed by atoms with Crippen molar-refractivity contribution in [1.82, 2.24) is 19.6 Å². The fraction of sp³-hybridized carbons (Fsp3) is 0.462. The van der Waals surface area contributed by atoms with E-state index in [1.807, 2.05) is 10.6 Å². The fourth-order valence-corrected chi connectivity index (χ4v) is 2.66. The van der Waals surface area contributed by atoms with Crippen LogP contribution < -0.4 is 5.32 Å². The third kappa shape index (κ3) is 2.23. The molecule has 1 fully saturated rings. The minimum absolute atomic E-state index is 0.551. The molecule has 4 nitrogen and oxygen atoms in total. The minimum Gasteiger partial charge on any atom is -0.314 e. The summed E-state index contributed by atoms with van der Waals surface area (Å²) in [6.45, 7) is 7.22. The molecule has 2 aromatic rings. The van der Waals surface area contributed by atoms with E-state index in [0.717, 1.165) is 43.9 Å². The molecule has 3 rings (SSSR count). The van der Waals surface area contributed by atoms with Gasteiger partial charge in [0.15, 0.2) is 0 Å². The summed E-state index contributed by atoms with van der Waals surface area (Å²) < 4.78 is 1.95. The highest BCUT2D eigenvalue weighted by molar-refractivity contribution is 6.28. The zero-order valence-corrected chi connectivity index (χ0v) is 11.2.